The molecule has 0 aliphatic heterocycles. The molecule has 0 saturated carbocycles. The molecule has 0 radical (unpaired) electrons. The fraction of sp³-hybridized carbons (Fsp3) is 0.875. The molecule has 1 atom stereocenters. The zero-order chi connectivity index (χ0) is 8.74. The van der Waals surface area contributed by atoms with E-state index >= 15 is 0 Å². The molecule has 0 aromatic heterocycles. The number of methoxy groups -OCH3 is 1. The molecule has 1 unspecified atom stereocenters. The molecule has 3 nitrogen and oxygen atoms in total. The SMILES string of the molecule is CCC(N)(C#N)CCCOC. The van der Waals surface area contributed by atoms with Crippen molar-refractivity contribution < 1.29 is 4.74 Å². The lowest BCUT2D eigenvalue weighted by molar-refractivity contribution is 0.187. The minimum Gasteiger partial charge on any atom is -0.385 e. The molecule has 0 heterocycles. The number of hydrogen-bond donors (Lipinski definition) is 1. The van der Waals surface area contributed by atoms with Gasteiger partial charge in [-0.2, -0.15) is 5.26 Å². The first-order valence-electron chi connectivity index (χ1n) is 3.87. The van der Waals surface area contributed by atoms with Gasteiger partial charge < -0.3 is 10.5 Å². The Morgan fingerprint density at radius 1 is 1.64 bits per heavy atom. The molecule has 2 N–H and O–H groups in total. The summed E-state index contributed by atoms with van der Waals surface area (Å²) in [4.78, 5) is 0. The van der Waals surface area contributed by atoms with Gasteiger partial charge in [-0.25, -0.2) is 0 Å². The Morgan fingerprint density at radius 2 is 2.27 bits per heavy atom. The van der Waals surface area contributed by atoms with Gasteiger partial charge >= 0.3 is 0 Å². The molecule has 64 valence electrons. The van der Waals surface area contributed by atoms with Crippen LogP contribution in [0, 0.1) is 11.3 Å². The van der Waals surface area contributed by atoms with Crippen LogP contribution in [-0.2, 0) is 4.74 Å². The molecule has 0 rings (SSSR count). The van der Waals surface area contributed by atoms with Crippen LogP contribution in [0.25, 0.3) is 0 Å². The second kappa shape index (κ2) is 5.11. The van der Waals surface area contributed by atoms with E-state index in [9.17, 15) is 0 Å². The van der Waals surface area contributed by atoms with E-state index in [2.05, 4.69) is 6.07 Å². The monoisotopic (exact) mass is 156 g/mol. The van der Waals surface area contributed by atoms with Gasteiger partial charge in [-0.15, -0.1) is 0 Å². The van der Waals surface area contributed by atoms with Crippen LogP contribution in [0.1, 0.15) is 26.2 Å². The zero-order valence-electron chi connectivity index (χ0n) is 7.26. The van der Waals surface area contributed by atoms with Crippen molar-refractivity contribution in [3.63, 3.8) is 0 Å². The number of nitriles is 1. The Balaban J connectivity index is 3.63. The second-order valence-electron chi connectivity index (χ2n) is 2.72. The van der Waals surface area contributed by atoms with Crippen molar-refractivity contribution in [3.8, 4) is 6.07 Å². The molecule has 0 aliphatic rings. The van der Waals surface area contributed by atoms with Crippen molar-refractivity contribution in [3.05, 3.63) is 0 Å². The molecule has 0 aromatic carbocycles. The van der Waals surface area contributed by atoms with Gasteiger partial charge in [0, 0.05) is 13.7 Å². The third kappa shape index (κ3) is 3.97. The molecule has 0 aromatic rings. The number of nitrogens with two attached hydrogens (primary N) is 1. The molecule has 0 bridgehead atoms. The normalized spacial score (nSPS) is 15.5. The van der Waals surface area contributed by atoms with Crippen LogP contribution in [0.2, 0.25) is 0 Å². The highest BCUT2D eigenvalue weighted by atomic mass is 16.5. The average Bonchev–Trinajstić information content (AvgIpc) is 2.05. The minimum atomic E-state index is -0.640. The second-order valence-corrected chi connectivity index (χ2v) is 2.72. The fourth-order valence-electron chi connectivity index (χ4n) is 0.844. The van der Waals surface area contributed by atoms with Crippen LogP contribution in [0.4, 0.5) is 0 Å². The largest absolute Gasteiger partial charge is 0.385 e. The highest BCUT2D eigenvalue weighted by Gasteiger charge is 2.20. The highest BCUT2D eigenvalue weighted by molar-refractivity contribution is 5.03. The van der Waals surface area contributed by atoms with Crippen molar-refractivity contribution in [1.82, 2.24) is 0 Å². The van der Waals surface area contributed by atoms with Gasteiger partial charge in [0.15, 0.2) is 0 Å². The molecule has 0 fully saturated rings. The molecule has 0 saturated heterocycles. The fourth-order valence-corrected chi connectivity index (χ4v) is 0.844. The third-order valence-corrected chi connectivity index (χ3v) is 1.82. The quantitative estimate of drug-likeness (QED) is 0.605. The molecule has 3 heteroatoms. The first-order chi connectivity index (χ1) is 5.18. The molecule has 0 aliphatic carbocycles. The van der Waals surface area contributed by atoms with E-state index in [-0.39, 0.29) is 0 Å². The van der Waals surface area contributed by atoms with Crippen LogP contribution in [-0.4, -0.2) is 19.3 Å². The summed E-state index contributed by atoms with van der Waals surface area (Å²) < 4.78 is 4.86. The van der Waals surface area contributed by atoms with Gasteiger partial charge in [0.05, 0.1) is 6.07 Å². The summed E-state index contributed by atoms with van der Waals surface area (Å²) in [6.45, 7) is 2.61. The predicted octanol–water partition coefficient (Wildman–Crippen LogP) is 1.04. The van der Waals surface area contributed by atoms with E-state index in [1.807, 2.05) is 6.92 Å². The summed E-state index contributed by atoms with van der Waals surface area (Å²) in [5.41, 5.74) is 5.08. The number of rotatable bonds is 5. The topological polar surface area (TPSA) is 59.0 Å². The number of nitrogens with zero attached hydrogens (tertiary/aromatic N) is 1. The van der Waals surface area contributed by atoms with Crippen molar-refractivity contribution in [2.75, 3.05) is 13.7 Å². The van der Waals surface area contributed by atoms with Gasteiger partial charge in [0.2, 0.25) is 0 Å². The summed E-state index contributed by atoms with van der Waals surface area (Å²) in [6.07, 6.45) is 2.27. The van der Waals surface area contributed by atoms with E-state index in [4.69, 9.17) is 15.7 Å². The van der Waals surface area contributed by atoms with E-state index in [0.717, 1.165) is 6.42 Å². The number of hydrogen-bond acceptors (Lipinski definition) is 3. The summed E-state index contributed by atoms with van der Waals surface area (Å²) in [6, 6.07) is 2.11. The smallest absolute Gasteiger partial charge is 0.104 e. The Morgan fingerprint density at radius 3 is 2.64 bits per heavy atom. The Labute approximate surface area is 68.1 Å². The van der Waals surface area contributed by atoms with E-state index in [1.54, 1.807) is 7.11 Å². The lowest BCUT2D eigenvalue weighted by Crippen LogP contribution is -2.37. The van der Waals surface area contributed by atoms with Crippen LogP contribution in [0.5, 0.6) is 0 Å². The molecular formula is C8H16N2O. The number of ether oxygens (including phenoxy) is 1. The lowest BCUT2D eigenvalue weighted by Gasteiger charge is -2.18. The van der Waals surface area contributed by atoms with Crippen molar-refractivity contribution in [1.29, 1.82) is 5.26 Å². The summed E-state index contributed by atoms with van der Waals surface area (Å²) in [7, 11) is 1.65. The van der Waals surface area contributed by atoms with E-state index in [0.29, 0.717) is 19.4 Å². The highest BCUT2D eigenvalue weighted by Crippen LogP contribution is 2.12. The zero-order valence-corrected chi connectivity index (χ0v) is 7.26. The third-order valence-electron chi connectivity index (χ3n) is 1.82. The minimum absolute atomic E-state index is 0.640. The van der Waals surface area contributed by atoms with Crippen molar-refractivity contribution >= 4 is 0 Å². The van der Waals surface area contributed by atoms with Gasteiger partial charge in [0.1, 0.15) is 5.54 Å². The molecular weight excluding hydrogens is 140 g/mol. The van der Waals surface area contributed by atoms with Gasteiger partial charge in [-0.05, 0) is 19.3 Å². The molecule has 11 heavy (non-hydrogen) atoms. The Hall–Kier alpha value is -0.590. The van der Waals surface area contributed by atoms with Crippen LogP contribution in [0.3, 0.4) is 0 Å². The van der Waals surface area contributed by atoms with Crippen LogP contribution >= 0.6 is 0 Å². The lowest BCUT2D eigenvalue weighted by atomic mass is 9.94. The van der Waals surface area contributed by atoms with Gasteiger partial charge in [-0.1, -0.05) is 6.92 Å². The van der Waals surface area contributed by atoms with Gasteiger partial charge in [-0.3, -0.25) is 0 Å². The van der Waals surface area contributed by atoms with E-state index in [1.165, 1.54) is 0 Å². The maximum atomic E-state index is 8.67. The summed E-state index contributed by atoms with van der Waals surface area (Å²) >= 11 is 0. The maximum Gasteiger partial charge on any atom is 0.104 e. The van der Waals surface area contributed by atoms with Crippen LogP contribution in [0.15, 0.2) is 0 Å². The first kappa shape index (κ1) is 10.4. The Bertz CT molecular complexity index is 142. The van der Waals surface area contributed by atoms with Crippen molar-refractivity contribution in [2.24, 2.45) is 5.73 Å². The first-order valence-corrected chi connectivity index (χ1v) is 3.87. The van der Waals surface area contributed by atoms with Crippen LogP contribution < -0.4 is 5.73 Å². The predicted molar refractivity (Wildman–Crippen MR) is 43.9 cm³/mol. The van der Waals surface area contributed by atoms with Crippen molar-refractivity contribution in [2.45, 2.75) is 31.7 Å². The maximum absolute atomic E-state index is 8.67. The molecule has 0 amide bonds. The average molecular weight is 156 g/mol. The summed E-state index contributed by atoms with van der Waals surface area (Å²) in [5.74, 6) is 0. The van der Waals surface area contributed by atoms with Gasteiger partial charge in [0.25, 0.3) is 0 Å². The Kier molecular flexibility index (Phi) is 4.84. The standard InChI is InChI=1S/C8H16N2O/c1-3-8(10,7-9)5-4-6-11-2/h3-6,10H2,1-2H3. The summed E-state index contributed by atoms with van der Waals surface area (Å²) in [5, 5.41) is 8.67. The van der Waals surface area contributed by atoms with E-state index < -0.39 is 5.54 Å². The molecule has 0 spiro atoms.